The van der Waals surface area contributed by atoms with E-state index in [4.69, 9.17) is 0 Å². The van der Waals surface area contributed by atoms with Gasteiger partial charge in [0, 0.05) is 13.3 Å². The van der Waals surface area contributed by atoms with E-state index in [-0.39, 0.29) is 5.91 Å². The predicted octanol–water partition coefficient (Wildman–Crippen LogP) is -2.86. The average Bonchev–Trinajstić information content (AvgIpc) is 1.98. The number of quaternary nitrogens is 1. The highest BCUT2D eigenvalue weighted by molar-refractivity contribution is 5.73. The van der Waals surface area contributed by atoms with Gasteiger partial charge in [0.05, 0.1) is 12.6 Å². The third-order valence-electron chi connectivity index (χ3n) is 2.02. The van der Waals surface area contributed by atoms with Gasteiger partial charge in [-0.3, -0.25) is 4.79 Å². The van der Waals surface area contributed by atoms with Crippen molar-refractivity contribution in [2.24, 2.45) is 0 Å². The van der Waals surface area contributed by atoms with E-state index in [0.29, 0.717) is 6.42 Å². The highest BCUT2D eigenvalue weighted by Gasteiger charge is 2.33. The molecule has 1 fully saturated rings. The Morgan fingerprint density at radius 2 is 2.25 bits per heavy atom. The van der Waals surface area contributed by atoms with Crippen molar-refractivity contribution in [3.63, 3.8) is 0 Å². The molecule has 0 aromatic rings. The summed E-state index contributed by atoms with van der Waals surface area (Å²) in [6.07, 6.45) is -1.40. The Bertz CT molecular complexity index is 174. The van der Waals surface area contributed by atoms with Crippen molar-refractivity contribution in [2.45, 2.75) is 31.7 Å². The van der Waals surface area contributed by atoms with Crippen LogP contribution < -0.4 is 10.6 Å². The highest BCUT2D eigenvalue weighted by Crippen LogP contribution is 2.02. The van der Waals surface area contributed by atoms with Crippen LogP contribution in [-0.4, -0.2) is 41.0 Å². The molecule has 1 rings (SSSR count). The minimum absolute atomic E-state index is 0.190. The third-order valence-corrected chi connectivity index (χ3v) is 2.02. The van der Waals surface area contributed by atoms with Gasteiger partial charge in [0.15, 0.2) is 12.3 Å². The Morgan fingerprint density at radius 1 is 1.58 bits per heavy atom. The molecule has 5 nitrogen and oxygen atoms in total. The second-order valence-electron chi connectivity index (χ2n) is 3.10. The van der Waals surface area contributed by atoms with Gasteiger partial charge in [-0.25, -0.2) is 0 Å². The first-order chi connectivity index (χ1) is 5.61. The molecule has 0 aromatic carbocycles. The SMILES string of the molecule is CC(=O)N[C@H]1[NH2+]CC[C@@H](O)[C@@H]1O. The summed E-state index contributed by atoms with van der Waals surface area (Å²) in [6, 6.07) is 0. The van der Waals surface area contributed by atoms with Crippen LogP contribution in [0.25, 0.3) is 0 Å². The molecule has 12 heavy (non-hydrogen) atoms. The van der Waals surface area contributed by atoms with Crippen molar-refractivity contribution in [2.75, 3.05) is 6.54 Å². The van der Waals surface area contributed by atoms with Crippen molar-refractivity contribution in [3.05, 3.63) is 0 Å². The zero-order valence-corrected chi connectivity index (χ0v) is 7.03. The monoisotopic (exact) mass is 175 g/mol. The Balaban J connectivity index is 2.46. The van der Waals surface area contributed by atoms with Gasteiger partial charge in [0.1, 0.15) is 0 Å². The molecule has 3 atom stereocenters. The molecular formula is C7H15N2O3+. The van der Waals surface area contributed by atoms with Crippen LogP contribution in [0, 0.1) is 0 Å². The van der Waals surface area contributed by atoms with Crippen LogP contribution >= 0.6 is 0 Å². The first-order valence-electron chi connectivity index (χ1n) is 4.08. The van der Waals surface area contributed by atoms with Crippen molar-refractivity contribution in [3.8, 4) is 0 Å². The molecule has 0 bridgehead atoms. The first-order valence-corrected chi connectivity index (χ1v) is 4.08. The number of carbonyl (C=O) groups excluding carboxylic acids is 1. The summed E-state index contributed by atoms with van der Waals surface area (Å²) in [6.45, 7) is 2.12. The maximum absolute atomic E-state index is 10.6. The summed E-state index contributed by atoms with van der Waals surface area (Å²) in [7, 11) is 0. The molecular weight excluding hydrogens is 160 g/mol. The van der Waals surface area contributed by atoms with Crippen LogP contribution in [0.5, 0.6) is 0 Å². The summed E-state index contributed by atoms with van der Waals surface area (Å²) in [5.41, 5.74) is 0. The number of nitrogens with two attached hydrogens (primary N) is 1. The molecule has 1 saturated heterocycles. The van der Waals surface area contributed by atoms with Gasteiger partial charge in [-0.2, -0.15) is 0 Å². The molecule has 1 heterocycles. The number of aliphatic hydroxyl groups excluding tert-OH is 2. The normalized spacial score (nSPS) is 36.1. The molecule has 5 heteroatoms. The summed E-state index contributed by atoms with van der Waals surface area (Å²) in [5.74, 6) is -0.190. The summed E-state index contributed by atoms with van der Waals surface area (Å²) >= 11 is 0. The lowest BCUT2D eigenvalue weighted by molar-refractivity contribution is -0.711. The van der Waals surface area contributed by atoms with E-state index >= 15 is 0 Å². The second kappa shape index (κ2) is 3.84. The number of hydrogen-bond donors (Lipinski definition) is 4. The maximum atomic E-state index is 10.6. The molecule has 0 spiro atoms. The van der Waals surface area contributed by atoms with Crippen LogP contribution in [0.1, 0.15) is 13.3 Å². The lowest BCUT2D eigenvalue weighted by Gasteiger charge is -2.29. The lowest BCUT2D eigenvalue weighted by Crippen LogP contribution is -2.99. The maximum Gasteiger partial charge on any atom is 0.221 e. The topological polar surface area (TPSA) is 86.2 Å². The molecule has 1 aliphatic rings. The fraction of sp³-hybridized carbons (Fsp3) is 0.857. The Hall–Kier alpha value is -0.650. The number of rotatable bonds is 1. The number of hydrogen-bond acceptors (Lipinski definition) is 3. The van der Waals surface area contributed by atoms with Crippen molar-refractivity contribution >= 4 is 5.91 Å². The number of aliphatic hydroxyl groups is 2. The predicted molar refractivity (Wildman–Crippen MR) is 41.0 cm³/mol. The van der Waals surface area contributed by atoms with E-state index in [9.17, 15) is 15.0 Å². The number of amides is 1. The summed E-state index contributed by atoms with van der Waals surface area (Å²) < 4.78 is 0. The van der Waals surface area contributed by atoms with Gasteiger partial charge in [0.2, 0.25) is 5.91 Å². The lowest BCUT2D eigenvalue weighted by atomic mass is 10.0. The number of carbonyl (C=O) groups is 1. The quantitative estimate of drug-likeness (QED) is 0.346. The van der Waals surface area contributed by atoms with Crippen LogP contribution in [0.4, 0.5) is 0 Å². The number of piperidine rings is 1. The minimum atomic E-state index is -0.859. The van der Waals surface area contributed by atoms with E-state index in [2.05, 4.69) is 5.32 Å². The van der Waals surface area contributed by atoms with Crippen LogP contribution in [0.2, 0.25) is 0 Å². The van der Waals surface area contributed by atoms with E-state index < -0.39 is 18.4 Å². The summed E-state index contributed by atoms with van der Waals surface area (Å²) in [4.78, 5) is 10.6. The number of nitrogens with one attached hydrogen (secondary N) is 1. The zero-order valence-electron chi connectivity index (χ0n) is 7.03. The van der Waals surface area contributed by atoms with Gasteiger partial charge in [0.25, 0.3) is 0 Å². The van der Waals surface area contributed by atoms with Crippen LogP contribution in [0.3, 0.4) is 0 Å². The van der Waals surface area contributed by atoms with Gasteiger partial charge < -0.3 is 20.8 Å². The van der Waals surface area contributed by atoms with Crippen LogP contribution in [0.15, 0.2) is 0 Å². The molecule has 1 aliphatic heterocycles. The van der Waals surface area contributed by atoms with Gasteiger partial charge in [-0.15, -0.1) is 0 Å². The molecule has 0 radical (unpaired) electrons. The molecule has 0 saturated carbocycles. The van der Waals surface area contributed by atoms with Crippen molar-refractivity contribution in [1.82, 2.24) is 5.32 Å². The van der Waals surface area contributed by atoms with E-state index in [1.807, 2.05) is 5.32 Å². The molecule has 0 aromatic heterocycles. The largest absolute Gasteiger partial charge is 0.390 e. The van der Waals surface area contributed by atoms with Crippen molar-refractivity contribution in [1.29, 1.82) is 0 Å². The fourth-order valence-corrected chi connectivity index (χ4v) is 1.38. The molecule has 0 unspecified atom stereocenters. The highest BCUT2D eigenvalue weighted by atomic mass is 16.3. The Kier molecular flexibility index (Phi) is 3.02. The Morgan fingerprint density at radius 3 is 2.83 bits per heavy atom. The standard InChI is InChI=1S/C7H14N2O3/c1-4(10)9-7-6(12)5(11)2-3-8-7/h5-8,11-12H,2-3H2,1H3,(H,9,10)/p+1/t5-,6+,7-/m1/s1. The van der Waals surface area contributed by atoms with E-state index in [0.717, 1.165) is 6.54 Å². The molecule has 70 valence electrons. The van der Waals surface area contributed by atoms with Gasteiger partial charge in [-0.05, 0) is 0 Å². The van der Waals surface area contributed by atoms with Gasteiger partial charge in [-0.1, -0.05) is 0 Å². The molecule has 1 amide bonds. The van der Waals surface area contributed by atoms with Crippen molar-refractivity contribution < 1.29 is 20.3 Å². The van der Waals surface area contributed by atoms with Gasteiger partial charge >= 0.3 is 0 Å². The van der Waals surface area contributed by atoms with E-state index in [1.54, 1.807) is 0 Å². The third kappa shape index (κ3) is 2.17. The first kappa shape index (κ1) is 9.44. The van der Waals surface area contributed by atoms with E-state index in [1.165, 1.54) is 6.92 Å². The average molecular weight is 175 g/mol. The summed E-state index contributed by atoms with van der Waals surface area (Å²) in [5, 5.41) is 23.0. The van der Waals surface area contributed by atoms with Crippen LogP contribution in [-0.2, 0) is 4.79 Å². The molecule has 5 N–H and O–H groups in total. The Labute approximate surface area is 70.8 Å². The second-order valence-corrected chi connectivity index (χ2v) is 3.10. The minimum Gasteiger partial charge on any atom is -0.390 e. The molecule has 0 aliphatic carbocycles. The fourth-order valence-electron chi connectivity index (χ4n) is 1.38. The smallest absolute Gasteiger partial charge is 0.221 e. The zero-order chi connectivity index (χ0) is 9.14.